The van der Waals surface area contributed by atoms with Gasteiger partial charge in [0, 0.05) is 49.8 Å². The first-order valence-electron chi connectivity index (χ1n) is 10.8. The minimum atomic E-state index is -0.150. The third kappa shape index (κ3) is 3.94. The first kappa shape index (κ1) is 19.8. The van der Waals surface area contributed by atoms with Gasteiger partial charge in [-0.15, -0.1) is 0 Å². The van der Waals surface area contributed by atoms with Crippen molar-refractivity contribution in [1.29, 1.82) is 0 Å². The van der Waals surface area contributed by atoms with E-state index in [0.29, 0.717) is 23.3 Å². The summed E-state index contributed by atoms with van der Waals surface area (Å²) in [6.45, 7) is 7.64. The largest absolute Gasteiger partial charge is 0.493 e. The number of benzene rings is 2. The van der Waals surface area contributed by atoms with Gasteiger partial charge in [-0.1, -0.05) is 6.07 Å². The highest BCUT2D eigenvalue weighted by molar-refractivity contribution is 5.95. The lowest BCUT2D eigenvalue weighted by molar-refractivity contribution is 0.148. The molecule has 0 bridgehead atoms. The average Bonchev–Trinajstić information content (AvgIpc) is 3.23. The predicted molar refractivity (Wildman–Crippen MR) is 124 cm³/mol. The number of ether oxygens (including phenoxy) is 1. The molecule has 0 saturated carbocycles. The number of H-pyrrole nitrogens is 2. The highest BCUT2D eigenvalue weighted by Gasteiger charge is 2.17. The molecule has 160 valence electrons. The van der Waals surface area contributed by atoms with Crippen LogP contribution in [-0.2, 0) is 6.54 Å². The normalized spacial score (nSPS) is 15.7. The first-order chi connectivity index (χ1) is 15.1. The Morgan fingerprint density at radius 2 is 1.94 bits per heavy atom. The topological polar surface area (TPSA) is 77.2 Å². The van der Waals surface area contributed by atoms with E-state index in [2.05, 4.69) is 38.9 Å². The molecule has 2 N–H and O–H groups in total. The first-order valence-corrected chi connectivity index (χ1v) is 10.8. The lowest BCUT2D eigenvalue weighted by atomic mass is 10.1. The van der Waals surface area contributed by atoms with Crippen molar-refractivity contribution >= 4 is 21.8 Å². The van der Waals surface area contributed by atoms with Gasteiger partial charge in [0.15, 0.2) is 0 Å². The highest BCUT2D eigenvalue weighted by Crippen LogP contribution is 2.30. The fraction of sp³-hybridized carbons (Fsp3) is 0.333. The maximum absolute atomic E-state index is 12.9. The summed E-state index contributed by atoms with van der Waals surface area (Å²) in [6, 6.07) is 12.0. The molecule has 3 heterocycles. The number of aromatic nitrogens is 3. The summed E-state index contributed by atoms with van der Waals surface area (Å²) in [6.07, 6.45) is 1.87. The van der Waals surface area contributed by atoms with E-state index in [1.54, 1.807) is 0 Å². The zero-order valence-electron chi connectivity index (χ0n) is 17.9. The van der Waals surface area contributed by atoms with Crippen LogP contribution in [0.4, 0.5) is 0 Å². The minimum Gasteiger partial charge on any atom is -0.493 e. The summed E-state index contributed by atoms with van der Waals surface area (Å²) in [4.78, 5) is 28.6. The molecule has 1 fully saturated rings. The summed E-state index contributed by atoms with van der Waals surface area (Å²) in [5, 5.41) is 1.61. The zero-order chi connectivity index (χ0) is 21.4. The minimum absolute atomic E-state index is 0.150. The van der Waals surface area contributed by atoms with Crippen LogP contribution in [0, 0.1) is 0 Å². The summed E-state index contributed by atoms with van der Waals surface area (Å²) < 4.78 is 5.87. The van der Waals surface area contributed by atoms with Crippen molar-refractivity contribution in [2.45, 2.75) is 13.5 Å². The van der Waals surface area contributed by atoms with Crippen LogP contribution in [0.15, 0.2) is 47.4 Å². The molecule has 0 spiro atoms. The zero-order valence-corrected chi connectivity index (χ0v) is 17.9. The Bertz CT molecular complexity index is 1280. The molecule has 0 amide bonds. The van der Waals surface area contributed by atoms with E-state index in [0.717, 1.165) is 54.9 Å². The Balaban J connectivity index is 1.56. The van der Waals surface area contributed by atoms with E-state index >= 15 is 0 Å². The van der Waals surface area contributed by atoms with Crippen LogP contribution in [0.25, 0.3) is 33.2 Å². The van der Waals surface area contributed by atoms with Gasteiger partial charge >= 0.3 is 0 Å². The van der Waals surface area contributed by atoms with Crippen LogP contribution in [0.3, 0.4) is 0 Å². The van der Waals surface area contributed by atoms with Crippen LogP contribution >= 0.6 is 0 Å². The van der Waals surface area contributed by atoms with Gasteiger partial charge in [-0.3, -0.25) is 9.69 Å². The Morgan fingerprint density at radius 1 is 1.10 bits per heavy atom. The van der Waals surface area contributed by atoms with Crippen molar-refractivity contribution < 1.29 is 4.74 Å². The Hall–Kier alpha value is -3.16. The van der Waals surface area contributed by atoms with Crippen molar-refractivity contribution in [2.24, 2.45) is 0 Å². The molecule has 4 aromatic rings. The molecular formula is C24H27N5O2. The fourth-order valence-corrected chi connectivity index (χ4v) is 4.22. The third-order valence-corrected chi connectivity index (χ3v) is 5.98. The lowest BCUT2D eigenvalue weighted by Crippen LogP contribution is -2.43. The number of fused-ring (bicyclic) bond motifs is 2. The molecule has 1 aliphatic rings. The molecule has 0 aliphatic carbocycles. The Morgan fingerprint density at radius 3 is 2.74 bits per heavy atom. The van der Waals surface area contributed by atoms with Gasteiger partial charge in [-0.25, -0.2) is 4.98 Å². The molecule has 1 saturated heterocycles. The Labute approximate surface area is 180 Å². The van der Waals surface area contributed by atoms with E-state index < -0.39 is 0 Å². The number of hydrogen-bond acceptors (Lipinski definition) is 5. The summed E-state index contributed by atoms with van der Waals surface area (Å²) in [7, 11) is 2.16. The van der Waals surface area contributed by atoms with Gasteiger partial charge in [0.1, 0.15) is 11.6 Å². The molecule has 2 aromatic heterocycles. The van der Waals surface area contributed by atoms with Crippen LogP contribution in [0.1, 0.15) is 12.5 Å². The molecule has 0 atom stereocenters. The quantitative estimate of drug-likeness (QED) is 0.521. The van der Waals surface area contributed by atoms with Gasteiger partial charge in [-0.05, 0) is 49.9 Å². The number of nitrogens with zero attached hydrogens (tertiary/aromatic N) is 3. The van der Waals surface area contributed by atoms with Crippen LogP contribution in [-0.4, -0.2) is 64.6 Å². The van der Waals surface area contributed by atoms with E-state index in [-0.39, 0.29) is 5.56 Å². The van der Waals surface area contributed by atoms with Gasteiger partial charge in [0.2, 0.25) is 0 Å². The second kappa shape index (κ2) is 8.17. The lowest BCUT2D eigenvalue weighted by Gasteiger charge is -2.32. The van der Waals surface area contributed by atoms with Gasteiger partial charge < -0.3 is 19.6 Å². The van der Waals surface area contributed by atoms with E-state index in [4.69, 9.17) is 9.72 Å². The standard InChI is InChI=1S/C24H27N5O2/c1-3-31-22-5-4-16(15-29-10-8-28(2)9-11-29)12-19(22)23-26-21-13-17-6-7-25-20(17)14-18(21)24(30)27-23/h4-7,12-14,25H,3,8-11,15H2,1-2H3,(H,26,27,30). The van der Waals surface area contributed by atoms with E-state index in [9.17, 15) is 4.79 Å². The summed E-state index contributed by atoms with van der Waals surface area (Å²) in [5.41, 5.74) is 3.46. The smallest absolute Gasteiger partial charge is 0.259 e. The van der Waals surface area contributed by atoms with Crippen LogP contribution in [0.2, 0.25) is 0 Å². The molecule has 0 radical (unpaired) electrons. The molecule has 7 heteroatoms. The predicted octanol–water partition coefficient (Wildman–Crippen LogP) is 3.22. The number of hydrogen-bond donors (Lipinski definition) is 2. The third-order valence-electron chi connectivity index (χ3n) is 5.98. The van der Waals surface area contributed by atoms with Gasteiger partial charge in [0.25, 0.3) is 5.56 Å². The Kier molecular flexibility index (Phi) is 5.21. The van der Waals surface area contributed by atoms with Crippen molar-refractivity contribution in [2.75, 3.05) is 39.8 Å². The van der Waals surface area contributed by atoms with Gasteiger partial charge in [-0.2, -0.15) is 0 Å². The van der Waals surface area contributed by atoms with Crippen molar-refractivity contribution in [3.8, 4) is 17.1 Å². The van der Waals surface area contributed by atoms with Crippen molar-refractivity contribution in [1.82, 2.24) is 24.8 Å². The maximum Gasteiger partial charge on any atom is 0.259 e. The van der Waals surface area contributed by atoms with Crippen LogP contribution in [0.5, 0.6) is 5.75 Å². The molecule has 5 rings (SSSR count). The number of aromatic amines is 2. The summed E-state index contributed by atoms with van der Waals surface area (Å²) in [5.74, 6) is 1.27. The number of likely N-dealkylation sites (N-methyl/N-ethyl adjacent to an activating group) is 1. The second-order valence-electron chi connectivity index (χ2n) is 8.19. The van der Waals surface area contributed by atoms with E-state index in [1.807, 2.05) is 37.4 Å². The molecule has 1 aliphatic heterocycles. The molecule has 2 aromatic carbocycles. The van der Waals surface area contributed by atoms with Gasteiger partial charge in [0.05, 0.1) is 23.1 Å². The van der Waals surface area contributed by atoms with Crippen LogP contribution < -0.4 is 10.3 Å². The molecule has 31 heavy (non-hydrogen) atoms. The SMILES string of the molecule is CCOc1ccc(CN2CCN(C)CC2)cc1-c1nc2cc3cc[nH]c3cc2c(=O)[nH]1. The highest BCUT2D eigenvalue weighted by atomic mass is 16.5. The van der Waals surface area contributed by atoms with E-state index in [1.165, 1.54) is 5.56 Å². The molecule has 7 nitrogen and oxygen atoms in total. The number of rotatable bonds is 5. The maximum atomic E-state index is 12.9. The molecule has 0 unspecified atom stereocenters. The monoisotopic (exact) mass is 417 g/mol. The summed E-state index contributed by atoms with van der Waals surface area (Å²) >= 11 is 0. The molecular weight excluding hydrogens is 390 g/mol. The average molecular weight is 418 g/mol. The second-order valence-corrected chi connectivity index (χ2v) is 8.19. The fourth-order valence-electron chi connectivity index (χ4n) is 4.22. The number of piperazine rings is 1. The van der Waals surface area contributed by atoms with Crippen molar-refractivity contribution in [3.05, 3.63) is 58.5 Å². The van der Waals surface area contributed by atoms with Crippen molar-refractivity contribution in [3.63, 3.8) is 0 Å². The number of nitrogens with one attached hydrogen (secondary N) is 2.